The van der Waals surface area contributed by atoms with Crippen LogP contribution in [0.1, 0.15) is 32.6 Å². The van der Waals surface area contributed by atoms with Gasteiger partial charge in [-0.3, -0.25) is 14.4 Å². The van der Waals surface area contributed by atoms with E-state index in [9.17, 15) is 14.4 Å². The zero-order valence-electron chi connectivity index (χ0n) is 16.1. The summed E-state index contributed by atoms with van der Waals surface area (Å²) >= 11 is 0. The molecule has 0 heterocycles. The molecule has 0 aliphatic carbocycles. The van der Waals surface area contributed by atoms with Crippen LogP contribution in [0.5, 0.6) is 0 Å². The van der Waals surface area contributed by atoms with Crippen LogP contribution in [0.25, 0.3) is 0 Å². The molecule has 2 aromatic rings. The molecular formula is C21H25N3O3. The highest BCUT2D eigenvalue weighted by Crippen LogP contribution is 2.21. The first-order chi connectivity index (χ1) is 12.8. The molecule has 2 rings (SSSR count). The maximum atomic E-state index is 12.1. The van der Waals surface area contributed by atoms with Crippen molar-refractivity contribution in [1.29, 1.82) is 0 Å². The largest absolute Gasteiger partial charge is 0.345 e. The van der Waals surface area contributed by atoms with E-state index in [2.05, 4.69) is 16.0 Å². The Morgan fingerprint density at radius 2 is 1.37 bits per heavy atom. The molecule has 2 aromatic carbocycles. The molecule has 0 radical (unpaired) electrons. The molecule has 0 atom stereocenters. The van der Waals surface area contributed by atoms with E-state index >= 15 is 0 Å². The minimum Gasteiger partial charge on any atom is -0.345 e. The first-order valence-electron chi connectivity index (χ1n) is 8.76. The van der Waals surface area contributed by atoms with Crippen LogP contribution >= 0.6 is 0 Å². The molecule has 6 heteroatoms. The molecule has 0 aliphatic rings. The summed E-state index contributed by atoms with van der Waals surface area (Å²) in [5.41, 5.74) is 5.18. The van der Waals surface area contributed by atoms with Crippen LogP contribution in [0.3, 0.4) is 0 Å². The van der Waals surface area contributed by atoms with E-state index in [4.69, 9.17) is 0 Å². The monoisotopic (exact) mass is 367 g/mol. The first kappa shape index (κ1) is 20.2. The van der Waals surface area contributed by atoms with Crippen LogP contribution in [0.4, 0.5) is 5.69 Å². The van der Waals surface area contributed by atoms with Gasteiger partial charge in [0.25, 0.3) is 5.91 Å². The molecule has 0 spiro atoms. The first-order valence-corrected chi connectivity index (χ1v) is 8.76. The maximum absolute atomic E-state index is 12.1. The molecule has 142 valence electrons. The molecule has 0 unspecified atom stereocenters. The normalized spacial score (nSPS) is 10.2. The molecule has 3 N–H and O–H groups in total. The Balaban J connectivity index is 1.81. The van der Waals surface area contributed by atoms with Crippen molar-refractivity contribution in [3.05, 3.63) is 64.2 Å². The third-order valence-corrected chi connectivity index (χ3v) is 4.19. The van der Waals surface area contributed by atoms with Gasteiger partial charge in [-0.25, -0.2) is 0 Å². The van der Waals surface area contributed by atoms with Crippen LogP contribution in [0, 0.1) is 27.7 Å². The van der Waals surface area contributed by atoms with Crippen molar-refractivity contribution in [1.82, 2.24) is 10.6 Å². The number of benzene rings is 2. The third-order valence-electron chi connectivity index (χ3n) is 4.19. The highest BCUT2D eigenvalue weighted by Gasteiger charge is 2.12. The Morgan fingerprint density at radius 1 is 0.778 bits per heavy atom. The smallest absolute Gasteiger partial charge is 0.251 e. The van der Waals surface area contributed by atoms with E-state index in [0.29, 0.717) is 5.56 Å². The van der Waals surface area contributed by atoms with Crippen LogP contribution in [0.15, 0.2) is 36.4 Å². The van der Waals surface area contributed by atoms with Crippen LogP contribution in [-0.2, 0) is 9.59 Å². The molecule has 0 bridgehead atoms. The lowest BCUT2D eigenvalue weighted by molar-refractivity contribution is -0.123. The van der Waals surface area contributed by atoms with E-state index in [1.54, 1.807) is 12.1 Å². The summed E-state index contributed by atoms with van der Waals surface area (Å²) in [6, 6.07) is 11.1. The van der Waals surface area contributed by atoms with Crippen molar-refractivity contribution < 1.29 is 14.4 Å². The van der Waals surface area contributed by atoms with Crippen molar-refractivity contribution in [2.75, 3.05) is 18.4 Å². The highest BCUT2D eigenvalue weighted by molar-refractivity contribution is 5.99. The molecule has 0 fully saturated rings. The summed E-state index contributed by atoms with van der Waals surface area (Å²) in [6.45, 7) is 7.32. The highest BCUT2D eigenvalue weighted by atomic mass is 16.2. The molecule has 3 amide bonds. The van der Waals surface area contributed by atoms with Crippen LogP contribution in [0.2, 0.25) is 0 Å². The molecule has 0 saturated carbocycles. The van der Waals surface area contributed by atoms with Gasteiger partial charge in [0.05, 0.1) is 13.1 Å². The van der Waals surface area contributed by atoms with Crippen LogP contribution < -0.4 is 16.0 Å². The molecular weight excluding hydrogens is 342 g/mol. The number of nitrogens with one attached hydrogen (secondary N) is 3. The second kappa shape index (κ2) is 8.98. The zero-order chi connectivity index (χ0) is 20.0. The Labute approximate surface area is 159 Å². The molecule has 0 aliphatic heterocycles. The maximum Gasteiger partial charge on any atom is 0.251 e. The number of hydrogen-bond donors (Lipinski definition) is 3. The van der Waals surface area contributed by atoms with Gasteiger partial charge < -0.3 is 16.0 Å². The Hall–Kier alpha value is -3.15. The topological polar surface area (TPSA) is 87.3 Å². The zero-order valence-corrected chi connectivity index (χ0v) is 16.1. The van der Waals surface area contributed by atoms with Gasteiger partial charge in [-0.05, 0) is 50.5 Å². The lowest BCUT2D eigenvalue weighted by Crippen LogP contribution is -2.40. The average molecular weight is 367 g/mol. The van der Waals surface area contributed by atoms with Gasteiger partial charge >= 0.3 is 0 Å². The second-order valence-electron chi connectivity index (χ2n) is 6.60. The second-order valence-corrected chi connectivity index (χ2v) is 6.60. The number of anilines is 1. The molecule has 0 aromatic heterocycles. The summed E-state index contributed by atoms with van der Waals surface area (Å²) in [5, 5.41) is 7.88. The predicted octanol–water partition coefficient (Wildman–Crippen LogP) is 2.40. The van der Waals surface area contributed by atoms with Gasteiger partial charge in [0, 0.05) is 11.3 Å². The lowest BCUT2D eigenvalue weighted by Gasteiger charge is -2.13. The number of amides is 3. The molecule has 0 saturated heterocycles. The van der Waals surface area contributed by atoms with Crippen LogP contribution in [-0.4, -0.2) is 30.8 Å². The fourth-order valence-corrected chi connectivity index (χ4v) is 2.89. The minimum absolute atomic E-state index is 0.161. The number of hydrogen-bond acceptors (Lipinski definition) is 3. The molecule has 27 heavy (non-hydrogen) atoms. The Kier molecular flexibility index (Phi) is 6.71. The van der Waals surface area contributed by atoms with E-state index in [-0.39, 0.29) is 24.9 Å². The summed E-state index contributed by atoms with van der Waals surface area (Å²) in [5.74, 6) is -1.06. The van der Waals surface area contributed by atoms with Gasteiger partial charge in [-0.1, -0.05) is 35.9 Å². The van der Waals surface area contributed by atoms with Gasteiger partial charge in [-0.2, -0.15) is 0 Å². The predicted molar refractivity (Wildman–Crippen MR) is 106 cm³/mol. The standard InChI is InChI=1S/C21H25N3O3/c1-13-9-15(3)20(16(4)10-13)24-19(26)12-22-18(25)11-23-21(27)17-8-6-5-7-14(17)2/h5-10H,11-12H2,1-4H3,(H,22,25)(H,23,27)(H,24,26). The van der Waals surface area contributed by atoms with E-state index in [1.807, 2.05) is 52.0 Å². The summed E-state index contributed by atoms with van der Waals surface area (Å²) in [6.07, 6.45) is 0. The average Bonchev–Trinajstić information content (AvgIpc) is 2.61. The number of rotatable bonds is 6. The van der Waals surface area contributed by atoms with Gasteiger partial charge in [0.2, 0.25) is 11.8 Å². The lowest BCUT2D eigenvalue weighted by atomic mass is 10.1. The number of carbonyl (C=O) groups is 3. The summed E-state index contributed by atoms with van der Waals surface area (Å²) < 4.78 is 0. The Morgan fingerprint density at radius 3 is 2.00 bits per heavy atom. The fraction of sp³-hybridized carbons (Fsp3) is 0.286. The van der Waals surface area contributed by atoms with E-state index < -0.39 is 5.91 Å². The molecule has 6 nitrogen and oxygen atoms in total. The Bertz CT molecular complexity index is 852. The quantitative estimate of drug-likeness (QED) is 0.733. The van der Waals surface area contributed by atoms with Crippen molar-refractivity contribution >= 4 is 23.4 Å². The van der Waals surface area contributed by atoms with Crippen molar-refractivity contribution in [2.24, 2.45) is 0 Å². The van der Waals surface area contributed by atoms with Gasteiger partial charge in [0.1, 0.15) is 0 Å². The summed E-state index contributed by atoms with van der Waals surface area (Å²) in [7, 11) is 0. The SMILES string of the molecule is Cc1cc(C)c(NC(=O)CNC(=O)CNC(=O)c2ccccc2C)c(C)c1. The van der Waals surface area contributed by atoms with Gasteiger partial charge in [-0.15, -0.1) is 0 Å². The fourth-order valence-electron chi connectivity index (χ4n) is 2.89. The van der Waals surface area contributed by atoms with Crippen molar-refractivity contribution in [3.63, 3.8) is 0 Å². The minimum atomic E-state index is -0.426. The van der Waals surface area contributed by atoms with E-state index in [0.717, 1.165) is 27.9 Å². The van der Waals surface area contributed by atoms with Gasteiger partial charge in [0.15, 0.2) is 0 Å². The number of aryl methyl sites for hydroxylation is 4. The third kappa shape index (κ3) is 5.67. The van der Waals surface area contributed by atoms with E-state index in [1.165, 1.54) is 0 Å². The van der Waals surface area contributed by atoms with Crippen molar-refractivity contribution in [3.8, 4) is 0 Å². The summed E-state index contributed by atoms with van der Waals surface area (Å²) in [4.78, 5) is 36.1. The number of carbonyl (C=O) groups excluding carboxylic acids is 3. The van der Waals surface area contributed by atoms with Crippen molar-refractivity contribution in [2.45, 2.75) is 27.7 Å².